The minimum atomic E-state index is -2.95. The summed E-state index contributed by atoms with van der Waals surface area (Å²) in [4.78, 5) is 38.5. The van der Waals surface area contributed by atoms with E-state index in [-0.39, 0.29) is 29.7 Å². The van der Waals surface area contributed by atoms with E-state index in [2.05, 4.69) is 10.1 Å². The molecule has 1 spiro atoms. The van der Waals surface area contributed by atoms with Gasteiger partial charge in [-0.1, -0.05) is 19.8 Å². The lowest BCUT2D eigenvalue weighted by Crippen LogP contribution is -2.54. The van der Waals surface area contributed by atoms with E-state index in [0.717, 1.165) is 24.2 Å². The summed E-state index contributed by atoms with van der Waals surface area (Å²) in [6, 6.07) is 4.59. The number of halogens is 2. The molecular weight excluding hydrogens is 346 g/mol. The van der Waals surface area contributed by atoms with Crippen LogP contribution in [0.1, 0.15) is 43.0 Å². The fraction of sp³-hybridized carbons (Fsp3) is 0.500. The molecule has 3 rings (SSSR count). The minimum absolute atomic E-state index is 0.0126. The zero-order valence-corrected chi connectivity index (χ0v) is 14.3. The molecule has 26 heavy (non-hydrogen) atoms. The van der Waals surface area contributed by atoms with E-state index in [9.17, 15) is 23.2 Å². The molecule has 1 saturated carbocycles. The van der Waals surface area contributed by atoms with Crippen LogP contribution >= 0.6 is 0 Å². The monoisotopic (exact) mass is 366 g/mol. The van der Waals surface area contributed by atoms with Gasteiger partial charge >= 0.3 is 12.6 Å². The quantitative estimate of drug-likeness (QED) is 0.642. The molecule has 0 bridgehead atoms. The van der Waals surface area contributed by atoms with E-state index in [1.165, 1.54) is 24.3 Å². The molecule has 0 unspecified atom stereocenters. The molecule has 1 heterocycles. The lowest BCUT2D eigenvalue weighted by atomic mass is 9.73. The highest BCUT2D eigenvalue weighted by Crippen LogP contribution is 2.38. The summed E-state index contributed by atoms with van der Waals surface area (Å²) in [5.41, 5.74) is -0.699. The fourth-order valence-electron chi connectivity index (χ4n) is 3.70. The molecule has 1 aromatic rings. The number of hydrogen-bond donors (Lipinski definition) is 1. The number of carbonyl (C=O) groups is 3. The number of ether oxygens (including phenoxy) is 1. The molecule has 0 aromatic heterocycles. The van der Waals surface area contributed by atoms with Crippen LogP contribution in [0.5, 0.6) is 5.75 Å². The maximum absolute atomic E-state index is 12.8. The third kappa shape index (κ3) is 3.27. The number of rotatable bonds is 5. The lowest BCUT2D eigenvalue weighted by Gasteiger charge is -2.36. The summed E-state index contributed by atoms with van der Waals surface area (Å²) in [5, 5.41) is 2.79. The zero-order valence-electron chi connectivity index (χ0n) is 14.3. The Labute approximate surface area is 149 Å². The topological polar surface area (TPSA) is 75.7 Å². The van der Waals surface area contributed by atoms with Crippen molar-refractivity contribution in [2.45, 2.75) is 44.8 Å². The number of urea groups is 1. The van der Waals surface area contributed by atoms with Gasteiger partial charge in [-0.2, -0.15) is 8.78 Å². The third-order valence-electron chi connectivity index (χ3n) is 5.20. The Morgan fingerprint density at radius 3 is 2.62 bits per heavy atom. The number of hydrogen-bond acceptors (Lipinski definition) is 4. The lowest BCUT2D eigenvalue weighted by molar-refractivity contribution is -0.133. The maximum Gasteiger partial charge on any atom is 0.387 e. The first-order valence-electron chi connectivity index (χ1n) is 8.55. The molecule has 1 saturated heterocycles. The van der Waals surface area contributed by atoms with E-state index < -0.39 is 24.0 Å². The third-order valence-corrected chi connectivity index (χ3v) is 5.20. The van der Waals surface area contributed by atoms with E-state index in [4.69, 9.17) is 0 Å². The predicted octanol–water partition coefficient (Wildman–Crippen LogP) is 2.97. The average Bonchev–Trinajstić information content (AvgIpc) is 2.83. The Bertz CT molecular complexity index is 722. The van der Waals surface area contributed by atoms with Crippen molar-refractivity contribution in [3.05, 3.63) is 29.8 Å². The summed E-state index contributed by atoms with van der Waals surface area (Å²) in [5.74, 6) is -0.863. The van der Waals surface area contributed by atoms with Crippen LogP contribution in [-0.2, 0) is 4.79 Å². The van der Waals surface area contributed by atoms with Gasteiger partial charge < -0.3 is 10.1 Å². The van der Waals surface area contributed by atoms with Crippen LogP contribution in [0.4, 0.5) is 13.6 Å². The van der Waals surface area contributed by atoms with E-state index in [0.29, 0.717) is 6.42 Å². The number of amides is 3. The van der Waals surface area contributed by atoms with Gasteiger partial charge in [0.15, 0.2) is 5.78 Å². The molecule has 1 N–H and O–H groups in total. The normalized spacial score (nSPS) is 25.7. The smallest absolute Gasteiger partial charge is 0.387 e. The second-order valence-electron chi connectivity index (χ2n) is 6.77. The number of benzene rings is 1. The molecule has 1 aliphatic carbocycles. The van der Waals surface area contributed by atoms with Crippen molar-refractivity contribution in [1.82, 2.24) is 10.2 Å². The predicted molar refractivity (Wildman–Crippen MR) is 88.0 cm³/mol. The Morgan fingerprint density at radius 2 is 2.00 bits per heavy atom. The van der Waals surface area contributed by atoms with Gasteiger partial charge in [-0.25, -0.2) is 4.79 Å². The molecular formula is C18H20F2N2O4. The molecule has 140 valence electrons. The highest BCUT2D eigenvalue weighted by Gasteiger charge is 2.55. The highest BCUT2D eigenvalue weighted by molar-refractivity contribution is 6.11. The van der Waals surface area contributed by atoms with Gasteiger partial charge in [-0.05, 0) is 43.0 Å². The first kappa shape index (κ1) is 18.3. The molecule has 3 amide bonds. The van der Waals surface area contributed by atoms with Gasteiger partial charge in [0, 0.05) is 5.56 Å². The summed E-state index contributed by atoms with van der Waals surface area (Å²) >= 11 is 0. The van der Waals surface area contributed by atoms with E-state index >= 15 is 0 Å². The first-order chi connectivity index (χ1) is 12.3. The Balaban J connectivity index is 1.71. The van der Waals surface area contributed by atoms with Crippen LogP contribution in [-0.4, -0.2) is 41.3 Å². The van der Waals surface area contributed by atoms with Crippen molar-refractivity contribution in [2.24, 2.45) is 5.92 Å². The van der Waals surface area contributed by atoms with Gasteiger partial charge in [0.25, 0.3) is 5.91 Å². The molecule has 2 atom stereocenters. The number of nitrogens with zero attached hydrogens (tertiary/aromatic N) is 1. The summed E-state index contributed by atoms with van der Waals surface area (Å²) in [6.07, 6.45) is 3.28. The molecule has 1 aromatic carbocycles. The van der Waals surface area contributed by atoms with Crippen LogP contribution in [0.2, 0.25) is 0 Å². The number of alkyl halides is 2. The second-order valence-corrected chi connectivity index (χ2v) is 6.77. The van der Waals surface area contributed by atoms with Gasteiger partial charge in [0.05, 0.1) is 6.54 Å². The Hall–Kier alpha value is -2.51. The molecule has 6 nitrogen and oxygen atoms in total. The Kier molecular flexibility index (Phi) is 4.93. The van der Waals surface area contributed by atoms with Crippen LogP contribution in [0.15, 0.2) is 24.3 Å². The van der Waals surface area contributed by atoms with E-state index in [1.807, 2.05) is 6.92 Å². The Morgan fingerprint density at radius 1 is 1.31 bits per heavy atom. The minimum Gasteiger partial charge on any atom is -0.435 e. The SMILES string of the molecule is C[C@H]1CCCC[C@]12NC(=O)N(CC(=O)c1ccc(OC(F)F)cc1)C2=O. The summed E-state index contributed by atoms with van der Waals surface area (Å²) in [6.45, 7) is -1.39. The van der Waals surface area contributed by atoms with Crippen molar-refractivity contribution in [3.63, 3.8) is 0 Å². The molecule has 8 heteroatoms. The number of Topliss-reactive ketones (excluding diaryl/α,β-unsaturated/α-hetero) is 1. The highest BCUT2D eigenvalue weighted by atomic mass is 19.3. The van der Waals surface area contributed by atoms with Crippen LogP contribution in [0, 0.1) is 5.92 Å². The van der Waals surface area contributed by atoms with E-state index in [1.54, 1.807) is 0 Å². The van der Waals surface area contributed by atoms with Gasteiger partial charge in [-0.15, -0.1) is 0 Å². The summed E-state index contributed by atoms with van der Waals surface area (Å²) < 4.78 is 28.6. The number of ketones is 1. The molecule has 2 fully saturated rings. The standard InChI is InChI=1S/C18H20F2N2O4/c1-11-4-2-3-9-18(11)15(24)22(17(25)21-18)10-14(23)12-5-7-13(8-6-12)26-16(19)20/h5-8,11,16H,2-4,9-10H2,1H3,(H,21,25)/t11-,18-/m0/s1. The van der Waals surface area contributed by atoms with Crippen molar-refractivity contribution in [2.75, 3.05) is 6.54 Å². The first-order valence-corrected chi connectivity index (χ1v) is 8.55. The number of nitrogens with one attached hydrogen (secondary N) is 1. The van der Waals surface area contributed by atoms with Crippen LogP contribution in [0.25, 0.3) is 0 Å². The molecule has 2 aliphatic rings. The van der Waals surface area contributed by atoms with Crippen molar-refractivity contribution in [1.29, 1.82) is 0 Å². The maximum atomic E-state index is 12.8. The summed E-state index contributed by atoms with van der Waals surface area (Å²) in [7, 11) is 0. The second kappa shape index (κ2) is 7.01. The fourth-order valence-corrected chi connectivity index (χ4v) is 3.70. The van der Waals surface area contributed by atoms with Gasteiger partial charge in [0.1, 0.15) is 11.3 Å². The molecule has 1 aliphatic heterocycles. The van der Waals surface area contributed by atoms with Crippen LogP contribution < -0.4 is 10.1 Å². The number of carbonyl (C=O) groups excluding carboxylic acids is 3. The average molecular weight is 366 g/mol. The van der Waals surface area contributed by atoms with Gasteiger partial charge in [-0.3, -0.25) is 14.5 Å². The van der Waals surface area contributed by atoms with Gasteiger partial charge in [0.2, 0.25) is 0 Å². The van der Waals surface area contributed by atoms with Crippen molar-refractivity contribution in [3.8, 4) is 5.75 Å². The van der Waals surface area contributed by atoms with Crippen molar-refractivity contribution >= 4 is 17.7 Å². The van der Waals surface area contributed by atoms with Crippen LogP contribution in [0.3, 0.4) is 0 Å². The molecule has 0 radical (unpaired) electrons. The zero-order chi connectivity index (χ0) is 18.9. The largest absolute Gasteiger partial charge is 0.435 e. The number of imide groups is 1. The van der Waals surface area contributed by atoms with Crippen molar-refractivity contribution < 1.29 is 27.9 Å².